The Morgan fingerprint density at radius 2 is 1.74 bits per heavy atom. The summed E-state index contributed by atoms with van der Waals surface area (Å²) in [7, 11) is 1.62. The van der Waals surface area contributed by atoms with Crippen molar-refractivity contribution in [2.45, 2.75) is 41.5 Å². The van der Waals surface area contributed by atoms with Crippen molar-refractivity contribution in [3.8, 4) is 28.6 Å². The van der Waals surface area contributed by atoms with Crippen molar-refractivity contribution in [3.63, 3.8) is 0 Å². The Labute approximate surface area is 201 Å². The van der Waals surface area contributed by atoms with Crippen molar-refractivity contribution in [1.82, 2.24) is 10.1 Å². The Morgan fingerprint density at radius 1 is 0.971 bits per heavy atom. The summed E-state index contributed by atoms with van der Waals surface area (Å²) >= 11 is 1.62. The smallest absolute Gasteiger partial charge is 0.262 e. The number of fused-ring (bicyclic) bond motifs is 2. The largest absolute Gasteiger partial charge is 0.496 e. The second-order valence-electron chi connectivity index (χ2n) is 8.52. The van der Waals surface area contributed by atoms with Gasteiger partial charge in [-0.2, -0.15) is 4.98 Å². The first-order valence-electron chi connectivity index (χ1n) is 11.4. The van der Waals surface area contributed by atoms with E-state index in [-0.39, 0.29) is 11.9 Å². The standard InChI is InChI=1S/C27H23N3O3S/c1-32-22-12-6-4-10-19(22)26-28-25(29-33-26)17-14-15-21-24(16-17)34-23-13-7-5-11-20(23)27(31)30(21)18-8-2-3-9-18/h4-7,10-16,18H,2-3,8-9H2,1H3. The van der Waals surface area contributed by atoms with Gasteiger partial charge < -0.3 is 14.2 Å². The maximum atomic E-state index is 13.6. The molecule has 34 heavy (non-hydrogen) atoms. The third-order valence-electron chi connectivity index (χ3n) is 6.49. The van der Waals surface area contributed by atoms with Gasteiger partial charge in [0.2, 0.25) is 5.82 Å². The van der Waals surface area contributed by atoms with E-state index >= 15 is 0 Å². The lowest BCUT2D eigenvalue weighted by atomic mass is 10.1. The van der Waals surface area contributed by atoms with Crippen LogP contribution in [-0.2, 0) is 0 Å². The van der Waals surface area contributed by atoms with Crippen LogP contribution in [0, 0.1) is 0 Å². The van der Waals surface area contributed by atoms with Gasteiger partial charge >= 0.3 is 0 Å². The average Bonchev–Trinajstić information content (AvgIpc) is 3.56. The molecule has 6 rings (SSSR count). The Hall–Kier alpha value is -3.58. The van der Waals surface area contributed by atoms with E-state index < -0.39 is 0 Å². The maximum absolute atomic E-state index is 13.6. The molecule has 3 aromatic carbocycles. The van der Waals surface area contributed by atoms with E-state index in [1.807, 2.05) is 65.6 Å². The van der Waals surface area contributed by atoms with Crippen molar-refractivity contribution in [2.75, 3.05) is 12.0 Å². The van der Waals surface area contributed by atoms with E-state index in [4.69, 9.17) is 9.26 Å². The number of carbonyl (C=O) groups excluding carboxylic acids is 1. The number of ether oxygens (including phenoxy) is 1. The Morgan fingerprint density at radius 3 is 2.56 bits per heavy atom. The number of anilines is 1. The number of rotatable bonds is 4. The zero-order chi connectivity index (χ0) is 23.1. The first-order valence-corrected chi connectivity index (χ1v) is 12.3. The molecule has 1 amide bonds. The molecule has 0 bridgehead atoms. The second-order valence-corrected chi connectivity index (χ2v) is 9.60. The summed E-state index contributed by atoms with van der Waals surface area (Å²) in [6, 6.07) is 21.7. The predicted molar refractivity (Wildman–Crippen MR) is 131 cm³/mol. The minimum atomic E-state index is 0.0829. The number of para-hydroxylation sites is 1. The predicted octanol–water partition coefficient (Wildman–Crippen LogP) is 6.47. The van der Waals surface area contributed by atoms with Gasteiger partial charge in [0.15, 0.2) is 0 Å². The zero-order valence-corrected chi connectivity index (χ0v) is 19.5. The van der Waals surface area contributed by atoms with E-state index in [2.05, 4.69) is 16.2 Å². The molecule has 2 aliphatic rings. The fraction of sp³-hybridized carbons (Fsp3) is 0.222. The van der Waals surface area contributed by atoms with E-state index in [9.17, 15) is 4.79 Å². The highest BCUT2D eigenvalue weighted by Gasteiger charge is 2.34. The lowest BCUT2D eigenvalue weighted by Gasteiger charge is -2.29. The van der Waals surface area contributed by atoms with E-state index in [0.717, 1.165) is 57.9 Å². The number of hydrogen-bond donors (Lipinski definition) is 0. The summed E-state index contributed by atoms with van der Waals surface area (Å²) in [6.45, 7) is 0. The quantitative estimate of drug-likeness (QED) is 0.341. The molecule has 1 fully saturated rings. The summed E-state index contributed by atoms with van der Waals surface area (Å²) < 4.78 is 11.0. The molecule has 0 radical (unpaired) electrons. The van der Waals surface area contributed by atoms with E-state index in [1.54, 1.807) is 18.9 Å². The van der Waals surface area contributed by atoms with Crippen molar-refractivity contribution < 1.29 is 14.1 Å². The monoisotopic (exact) mass is 469 g/mol. The lowest BCUT2D eigenvalue weighted by Crippen LogP contribution is -2.39. The summed E-state index contributed by atoms with van der Waals surface area (Å²) in [5.41, 5.74) is 3.31. The number of aromatic nitrogens is 2. The summed E-state index contributed by atoms with van der Waals surface area (Å²) in [5.74, 6) is 1.67. The van der Waals surface area contributed by atoms with Crippen LogP contribution in [0.25, 0.3) is 22.8 Å². The van der Waals surface area contributed by atoms with Gasteiger partial charge in [0.05, 0.1) is 23.9 Å². The van der Waals surface area contributed by atoms with Crippen LogP contribution in [-0.4, -0.2) is 29.2 Å². The summed E-state index contributed by atoms with van der Waals surface area (Å²) in [6.07, 6.45) is 4.39. The van der Waals surface area contributed by atoms with Gasteiger partial charge in [-0.05, 0) is 55.3 Å². The van der Waals surface area contributed by atoms with Gasteiger partial charge in [0, 0.05) is 21.4 Å². The number of carbonyl (C=O) groups is 1. The molecule has 0 atom stereocenters. The van der Waals surface area contributed by atoms with Crippen LogP contribution in [0.4, 0.5) is 5.69 Å². The molecule has 4 aromatic rings. The molecular formula is C27H23N3O3S. The van der Waals surface area contributed by atoms with Crippen molar-refractivity contribution in [3.05, 3.63) is 72.3 Å². The topological polar surface area (TPSA) is 68.5 Å². The molecule has 2 heterocycles. The lowest BCUT2D eigenvalue weighted by molar-refractivity contribution is 0.0974. The van der Waals surface area contributed by atoms with E-state index in [1.165, 1.54) is 0 Å². The minimum absolute atomic E-state index is 0.0829. The molecular weight excluding hydrogens is 446 g/mol. The molecule has 1 aromatic heterocycles. The Bertz CT molecular complexity index is 1380. The molecule has 1 aliphatic carbocycles. The molecule has 1 saturated carbocycles. The third kappa shape index (κ3) is 3.56. The molecule has 0 spiro atoms. The fourth-order valence-corrected chi connectivity index (χ4v) is 5.93. The SMILES string of the molecule is COc1ccccc1-c1nc(-c2ccc3c(c2)Sc2ccccc2C(=O)N3C2CCCC2)no1. The number of methoxy groups -OCH3 is 1. The van der Waals surface area contributed by atoms with Gasteiger partial charge in [-0.3, -0.25) is 4.79 Å². The van der Waals surface area contributed by atoms with Crippen LogP contribution in [0.15, 0.2) is 81.0 Å². The summed E-state index contributed by atoms with van der Waals surface area (Å²) in [4.78, 5) is 22.3. The molecule has 1 aliphatic heterocycles. The zero-order valence-electron chi connectivity index (χ0n) is 18.7. The highest BCUT2D eigenvalue weighted by Crippen LogP contribution is 2.45. The molecule has 0 N–H and O–H groups in total. The van der Waals surface area contributed by atoms with Crippen LogP contribution in [0.5, 0.6) is 5.75 Å². The van der Waals surface area contributed by atoms with Gasteiger partial charge in [-0.1, -0.05) is 54.0 Å². The first kappa shape index (κ1) is 21.0. The third-order valence-corrected chi connectivity index (χ3v) is 7.61. The highest BCUT2D eigenvalue weighted by atomic mass is 32.2. The maximum Gasteiger partial charge on any atom is 0.262 e. The Kier molecular flexibility index (Phi) is 5.34. The van der Waals surface area contributed by atoms with Crippen LogP contribution in [0.3, 0.4) is 0 Å². The molecule has 0 saturated heterocycles. The van der Waals surface area contributed by atoms with Gasteiger partial charge in [-0.15, -0.1) is 0 Å². The van der Waals surface area contributed by atoms with Crippen molar-refractivity contribution in [1.29, 1.82) is 0 Å². The van der Waals surface area contributed by atoms with Gasteiger partial charge in [-0.25, -0.2) is 0 Å². The van der Waals surface area contributed by atoms with Crippen molar-refractivity contribution >= 4 is 23.4 Å². The van der Waals surface area contributed by atoms with Crippen LogP contribution >= 0.6 is 11.8 Å². The molecule has 0 unspecified atom stereocenters. The number of benzene rings is 3. The number of amides is 1. The number of nitrogens with zero attached hydrogens (tertiary/aromatic N) is 3. The second kappa shape index (κ2) is 8.65. The van der Waals surface area contributed by atoms with Crippen LogP contribution in [0.2, 0.25) is 0 Å². The van der Waals surface area contributed by atoms with Gasteiger partial charge in [0.1, 0.15) is 5.75 Å². The average molecular weight is 470 g/mol. The minimum Gasteiger partial charge on any atom is -0.496 e. The van der Waals surface area contributed by atoms with Gasteiger partial charge in [0.25, 0.3) is 11.8 Å². The summed E-state index contributed by atoms with van der Waals surface area (Å²) in [5, 5.41) is 4.23. The number of hydrogen-bond acceptors (Lipinski definition) is 6. The van der Waals surface area contributed by atoms with E-state index in [0.29, 0.717) is 17.5 Å². The van der Waals surface area contributed by atoms with Crippen LogP contribution < -0.4 is 9.64 Å². The molecule has 6 nitrogen and oxygen atoms in total. The van der Waals surface area contributed by atoms with Crippen LogP contribution in [0.1, 0.15) is 36.0 Å². The van der Waals surface area contributed by atoms with Crippen molar-refractivity contribution in [2.24, 2.45) is 0 Å². The molecule has 7 heteroatoms. The highest BCUT2D eigenvalue weighted by molar-refractivity contribution is 7.99. The first-order chi connectivity index (χ1) is 16.7. The molecule has 170 valence electrons. The Balaban J connectivity index is 1.43. The normalized spacial score (nSPS) is 15.7. The fourth-order valence-electron chi connectivity index (χ4n) is 4.82.